The highest BCUT2D eigenvalue weighted by Gasteiger charge is 2.38. The van der Waals surface area contributed by atoms with Gasteiger partial charge in [0, 0.05) is 38.8 Å². The van der Waals surface area contributed by atoms with E-state index in [0.717, 1.165) is 5.82 Å². The van der Waals surface area contributed by atoms with Gasteiger partial charge in [0.05, 0.1) is 28.1 Å². The summed E-state index contributed by atoms with van der Waals surface area (Å²) in [6.45, 7) is 0. The summed E-state index contributed by atoms with van der Waals surface area (Å²) in [5.41, 5.74) is 8.73. The number of allylic oxidation sites excluding steroid dienone is 4. The second-order valence-corrected chi connectivity index (χ2v) is 12.2. The van der Waals surface area contributed by atoms with Gasteiger partial charge in [-0.1, -0.05) is 109 Å². The highest BCUT2D eigenvalue weighted by Crippen LogP contribution is 2.46. The number of fused-ring (bicyclic) bond motifs is 10. The standard InChI is InChI=1S/C41H30N4/c1-2-13-27(14-3-1)43-33-19-8-6-17-30(33)31-25-26-37-40(41(31)43)32-18-7-11-22-36(32)45(37)39-24-12-23-38(42-39)44-34-20-9-4-15-28(34)29-16-5-10-21-35(29)44/h1-26,28,34,39,42H. The Morgan fingerprint density at radius 3 is 2.22 bits per heavy atom. The van der Waals surface area contributed by atoms with Crippen LogP contribution in [0, 0.1) is 0 Å². The van der Waals surface area contributed by atoms with Crippen LogP contribution in [0.4, 0.5) is 5.69 Å². The molecule has 0 spiro atoms. The van der Waals surface area contributed by atoms with Crippen molar-refractivity contribution in [3.05, 3.63) is 169 Å². The topological polar surface area (TPSA) is 25.1 Å². The molecule has 0 radical (unpaired) electrons. The minimum atomic E-state index is -0.0614. The largest absolute Gasteiger partial charge is 0.348 e. The number of dihydropyridines is 1. The van der Waals surface area contributed by atoms with Gasteiger partial charge >= 0.3 is 0 Å². The van der Waals surface area contributed by atoms with Crippen LogP contribution in [-0.2, 0) is 0 Å². The van der Waals surface area contributed by atoms with Crippen LogP contribution in [0.2, 0.25) is 0 Å². The molecule has 10 rings (SSSR count). The van der Waals surface area contributed by atoms with E-state index in [-0.39, 0.29) is 12.2 Å². The molecule has 0 saturated heterocycles. The third-order valence-electron chi connectivity index (χ3n) is 9.86. The molecule has 2 aliphatic heterocycles. The lowest BCUT2D eigenvalue weighted by atomic mass is 9.91. The van der Waals surface area contributed by atoms with Gasteiger partial charge in [-0.05, 0) is 54.1 Å². The van der Waals surface area contributed by atoms with Gasteiger partial charge in [-0.3, -0.25) is 0 Å². The van der Waals surface area contributed by atoms with Crippen molar-refractivity contribution in [1.82, 2.24) is 14.5 Å². The molecule has 5 aromatic carbocycles. The van der Waals surface area contributed by atoms with Crippen LogP contribution in [0.25, 0.3) is 49.3 Å². The average molecular weight is 579 g/mol. The number of nitrogens with one attached hydrogen (secondary N) is 1. The van der Waals surface area contributed by atoms with Crippen LogP contribution in [-0.4, -0.2) is 15.2 Å². The minimum absolute atomic E-state index is 0.0614. The first-order chi connectivity index (χ1) is 22.4. The van der Waals surface area contributed by atoms with Crippen LogP contribution in [0.1, 0.15) is 17.6 Å². The summed E-state index contributed by atoms with van der Waals surface area (Å²) < 4.78 is 4.93. The molecule has 45 heavy (non-hydrogen) atoms. The van der Waals surface area contributed by atoms with Gasteiger partial charge in [0.25, 0.3) is 0 Å². The Labute approximate surface area is 261 Å². The van der Waals surface area contributed by atoms with E-state index in [4.69, 9.17) is 0 Å². The van der Waals surface area contributed by atoms with E-state index >= 15 is 0 Å². The SMILES string of the molecule is C1=CC2c3ccccc3N(C3=CC=CC(n4c5ccccc5c5c6c(ccc54)c4ccccc4n6-c4ccccc4)N3)C2C=C1. The van der Waals surface area contributed by atoms with Crippen molar-refractivity contribution in [2.24, 2.45) is 0 Å². The zero-order chi connectivity index (χ0) is 29.5. The lowest BCUT2D eigenvalue weighted by Gasteiger charge is -2.35. The molecule has 214 valence electrons. The molecule has 1 N–H and O–H groups in total. The fourth-order valence-electron chi connectivity index (χ4n) is 8.05. The quantitative estimate of drug-likeness (QED) is 0.226. The minimum Gasteiger partial charge on any atom is -0.348 e. The summed E-state index contributed by atoms with van der Waals surface area (Å²) >= 11 is 0. The molecule has 3 aliphatic rings. The normalized spacial score (nSPS) is 20.2. The molecule has 1 aliphatic carbocycles. The summed E-state index contributed by atoms with van der Waals surface area (Å²) in [6.07, 6.45) is 15.7. The molecule has 4 heteroatoms. The number of hydrogen-bond acceptors (Lipinski definition) is 2. The second kappa shape index (κ2) is 9.38. The van der Waals surface area contributed by atoms with Crippen molar-refractivity contribution in [2.45, 2.75) is 18.1 Å². The van der Waals surface area contributed by atoms with E-state index in [1.807, 2.05) is 0 Å². The molecular formula is C41H30N4. The number of rotatable bonds is 3. The molecule has 3 unspecified atom stereocenters. The molecule has 7 aromatic rings. The van der Waals surface area contributed by atoms with Crippen LogP contribution in [0.3, 0.4) is 0 Å². The maximum atomic E-state index is 3.98. The maximum Gasteiger partial charge on any atom is 0.124 e. The average Bonchev–Trinajstić information content (AvgIpc) is 3.74. The first kappa shape index (κ1) is 24.7. The summed E-state index contributed by atoms with van der Waals surface area (Å²) in [5.74, 6) is 1.47. The van der Waals surface area contributed by atoms with Gasteiger partial charge < -0.3 is 19.4 Å². The highest BCUT2D eigenvalue weighted by molar-refractivity contribution is 6.25. The van der Waals surface area contributed by atoms with Crippen molar-refractivity contribution < 1.29 is 0 Å². The van der Waals surface area contributed by atoms with Gasteiger partial charge in [0.15, 0.2) is 0 Å². The molecule has 0 bridgehead atoms. The van der Waals surface area contributed by atoms with Gasteiger partial charge in [0.2, 0.25) is 0 Å². The fourth-order valence-corrected chi connectivity index (χ4v) is 8.05. The zero-order valence-electron chi connectivity index (χ0n) is 24.6. The third-order valence-corrected chi connectivity index (χ3v) is 9.86. The molecule has 2 aromatic heterocycles. The monoisotopic (exact) mass is 578 g/mol. The molecule has 3 atom stereocenters. The Balaban J connectivity index is 1.19. The van der Waals surface area contributed by atoms with Crippen molar-refractivity contribution in [3.63, 3.8) is 0 Å². The predicted molar refractivity (Wildman–Crippen MR) is 187 cm³/mol. The van der Waals surface area contributed by atoms with Gasteiger partial charge in [0.1, 0.15) is 12.0 Å². The molecule has 4 heterocycles. The van der Waals surface area contributed by atoms with Crippen molar-refractivity contribution >= 4 is 49.3 Å². The van der Waals surface area contributed by atoms with E-state index in [1.165, 1.54) is 60.5 Å². The van der Waals surface area contributed by atoms with E-state index < -0.39 is 0 Å². The maximum absolute atomic E-state index is 3.98. The molecule has 0 fully saturated rings. The summed E-state index contributed by atoms with van der Waals surface area (Å²) in [4.78, 5) is 2.48. The Bertz CT molecular complexity index is 2430. The predicted octanol–water partition coefficient (Wildman–Crippen LogP) is 9.49. The van der Waals surface area contributed by atoms with Crippen molar-refractivity contribution in [3.8, 4) is 5.69 Å². The van der Waals surface area contributed by atoms with Gasteiger partial charge in [-0.15, -0.1) is 0 Å². The first-order valence-electron chi connectivity index (χ1n) is 15.8. The molecular weight excluding hydrogens is 548 g/mol. The van der Waals surface area contributed by atoms with Crippen LogP contribution in [0.5, 0.6) is 0 Å². The lowest BCUT2D eigenvalue weighted by Crippen LogP contribution is -2.41. The third kappa shape index (κ3) is 3.42. The van der Waals surface area contributed by atoms with Crippen LogP contribution < -0.4 is 10.2 Å². The Morgan fingerprint density at radius 2 is 1.31 bits per heavy atom. The first-order valence-corrected chi connectivity index (χ1v) is 15.8. The van der Waals surface area contributed by atoms with E-state index in [9.17, 15) is 0 Å². The number of para-hydroxylation sites is 4. The number of benzene rings is 5. The Morgan fingerprint density at radius 1 is 0.556 bits per heavy atom. The number of aromatic nitrogens is 2. The molecule has 0 saturated carbocycles. The smallest absolute Gasteiger partial charge is 0.124 e. The Hall–Kier alpha value is -5.74. The lowest BCUT2D eigenvalue weighted by molar-refractivity contribution is 0.531. The molecule has 0 amide bonds. The van der Waals surface area contributed by atoms with Crippen LogP contribution in [0.15, 0.2) is 164 Å². The summed E-state index contributed by atoms with van der Waals surface area (Å²) in [7, 11) is 0. The number of nitrogens with zero attached hydrogens (tertiary/aromatic N) is 3. The zero-order valence-corrected chi connectivity index (χ0v) is 24.6. The Kier molecular flexibility index (Phi) is 5.14. The second-order valence-electron chi connectivity index (χ2n) is 12.2. The van der Waals surface area contributed by atoms with E-state index in [2.05, 4.69) is 177 Å². The van der Waals surface area contributed by atoms with Crippen LogP contribution >= 0.6 is 0 Å². The molecule has 4 nitrogen and oxygen atoms in total. The van der Waals surface area contributed by atoms with Gasteiger partial charge in [-0.2, -0.15) is 0 Å². The van der Waals surface area contributed by atoms with Gasteiger partial charge in [-0.25, -0.2) is 0 Å². The number of hydrogen-bond donors (Lipinski definition) is 1. The summed E-state index contributed by atoms with van der Waals surface area (Å²) in [6, 6.07) is 42.1. The van der Waals surface area contributed by atoms with E-state index in [1.54, 1.807) is 0 Å². The number of anilines is 1. The highest BCUT2D eigenvalue weighted by atomic mass is 15.3. The fraction of sp³-hybridized carbons (Fsp3) is 0.0732. The summed E-state index contributed by atoms with van der Waals surface area (Å²) in [5, 5.41) is 9.06. The van der Waals surface area contributed by atoms with E-state index in [0.29, 0.717) is 5.92 Å². The van der Waals surface area contributed by atoms with Crippen molar-refractivity contribution in [2.75, 3.05) is 4.90 Å². The van der Waals surface area contributed by atoms with Crippen molar-refractivity contribution in [1.29, 1.82) is 0 Å².